The number of ketones is 1. The average Bonchev–Trinajstić information content (AvgIpc) is 2.16. The minimum absolute atomic E-state index is 0.118. The van der Waals surface area contributed by atoms with Gasteiger partial charge in [0.1, 0.15) is 5.75 Å². The summed E-state index contributed by atoms with van der Waals surface area (Å²) >= 11 is 1.65. The minimum atomic E-state index is -0.160. The fourth-order valence-electron chi connectivity index (χ4n) is 1.12. The molecular formula is C10H9IO3. The zero-order valence-electron chi connectivity index (χ0n) is 7.83. The van der Waals surface area contributed by atoms with Crippen LogP contribution in [0.4, 0.5) is 0 Å². The highest BCUT2D eigenvalue weighted by molar-refractivity contribution is 14.1. The van der Waals surface area contributed by atoms with Crippen molar-refractivity contribution in [2.75, 3.05) is 7.11 Å². The zero-order valence-corrected chi connectivity index (χ0v) is 9.99. The summed E-state index contributed by atoms with van der Waals surface area (Å²) in [6.45, 7) is 1.44. The van der Waals surface area contributed by atoms with Gasteiger partial charge in [0.2, 0.25) is 3.79 Å². The van der Waals surface area contributed by atoms with Gasteiger partial charge in [-0.2, -0.15) is 0 Å². The summed E-state index contributed by atoms with van der Waals surface area (Å²) in [6.07, 6.45) is 0. The first kappa shape index (κ1) is 11.2. The molecule has 14 heavy (non-hydrogen) atoms. The molecule has 74 valence electrons. The lowest BCUT2D eigenvalue weighted by Gasteiger charge is -2.05. The van der Waals surface area contributed by atoms with E-state index < -0.39 is 0 Å². The number of hydrogen-bond acceptors (Lipinski definition) is 3. The summed E-state index contributed by atoms with van der Waals surface area (Å²) in [5.74, 6) is 0.461. The quantitative estimate of drug-likeness (QED) is 0.489. The second-order valence-corrected chi connectivity index (χ2v) is 3.72. The lowest BCUT2D eigenvalue weighted by Crippen LogP contribution is -2.02. The second-order valence-electron chi connectivity index (χ2n) is 2.74. The normalized spacial score (nSPS) is 9.64. The average molecular weight is 304 g/mol. The maximum atomic E-state index is 11.2. The van der Waals surface area contributed by atoms with Crippen LogP contribution in [0.3, 0.4) is 0 Å². The maximum Gasteiger partial charge on any atom is 0.223 e. The van der Waals surface area contributed by atoms with Gasteiger partial charge in [-0.25, -0.2) is 0 Å². The molecular weight excluding hydrogens is 295 g/mol. The number of benzene rings is 1. The molecule has 1 aromatic carbocycles. The Balaban J connectivity index is 3.31. The molecule has 0 aromatic heterocycles. The molecule has 0 atom stereocenters. The van der Waals surface area contributed by atoms with Gasteiger partial charge in [0.25, 0.3) is 0 Å². The zero-order chi connectivity index (χ0) is 10.7. The van der Waals surface area contributed by atoms with Gasteiger partial charge in [-0.1, -0.05) is 0 Å². The van der Waals surface area contributed by atoms with Gasteiger partial charge in [-0.15, -0.1) is 0 Å². The van der Waals surface area contributed by atoms with Crippen molar-refractivity contribution in [2.24, 2.45) is 0 Å². The molecule has 0 saturated carbocycles. The lowest BCUT2D eigenvalue weighted by molar-refractivity contribution is 0.100. The van der Waals surface area contributed by atoms with Crippen LogP contribution in [0.15, 0.2) is 18.2 Å². The highest BCUT2D eigenvalue weighted by Gasteiger charge is 2.12. The van der Waals surface area contributed by atoms with Crippen LogP contribution >= 0.6 is 22.6 Å². The first-order valence-corrected chi connectivity index (χ1v) is 5.03. The molecule has 0 amide bonds. The Morgan fingerprint density at radius 2 is 1.93 bits per heavy atom. The van der Waals surface area contributed by atoms with E-state index in [0.29, 0.717) is 16.9 Å². The first-order valence-electron chi connectivity index (χ1n) is 3.95. The molecule has 3 nitrogen and oxygen atoms in total. The van der Waals surface area contributed by atoms with Crippen molar-refractivity contribution in [3.05, 3.63) is 29.3 Å². The van der Waals surface area contributed by atoms with Crippen LogP contribution in [0.2, 0.25) is 0 Å². The van der Waals surface area contributed by atoms with Crippen molar-refractivity contribution in [1.82, 2.24) is 0 Å². The van der Waals surface area contributed by atoms with E-state index in [1.165, 1.54) is 14.0 Å². The number of ether oxygens (including phenoxy) is 1. The number of Topliss-reactive ketones (excluding diaryl/α,β-unsaturated/α-hetero) is 1. The van der Waals surface area contributed by atoms with E-state index in [2.05, 4.69) is 0 Å². The molecule has 4 heteroatoms. The van der Waals surface area contributed by atoms with Crippen molar-refractivity contribution < 1.29 is 14.3 Å². The third kappa shape index (κ3) is 2.31. The van der Waals surface area contributed by atoms with Gasteiger partial charge in [0.05, 0.1) is 7.11 Å². The number of methoxy groups -OCH3 is 1. The van der Waals surface area contributed by atoms with Crippen molar-refractivity contribution in [1.29, 1.82) is 0 Å². The maximum absolute atomic E-state index is 11.2. The summed E-state index contributed by atoms with van der Waals surface area (Å²) in [7, 11) is 1.52. The van der Waals surface area contributed by atoms with E-state index in [1.54, 1.807) is 40.8 Å². The van der Waals surface area contributed by atoms with E-state index >= 15 is 0 Å². The van der Waals surface area contributed by atoms with E-state index in [4.69, 9.17) is 4.74 Å². The van der Waals surface area contributed by atoms with Crippen molar-refractivity contribution >= 4 is 32.2 Å². The van der Waals surface area contributed by atoms with E-state index in [9.17, 15) is 9.59 Å². The van der Waals surface area contributed by atoms with E-state index in [-0.39, 0.29) is 9.57 Å². The standard InChI is InChI=1S/C10H9IO3/c1-6(12)8-4-3-7(14-2)5-9(8)10(11)13/h3-5H,1-2H3. The fraction of sp³-hybridized carbons (Fsp3) is 0.200. The molecule has 1 aromatic rings. The molecule has 0 heterocycles. The van der Waals surface area contributed by atoms with Crippen molar-refractivity contribution in [3.8, 4) is 5.75 Å². The summed E-state index contributed by atoms with van der Waals surface area (Å²) in [5.41, 5.74) is 0.836. The summed E-state index contributed by atoms with van der Waals surface area (Å²) in [6, 6.07) is 4.85. The Hall–Kier alpha value is -0.910. The first-order chi connectivity index (χ1) is 6.56. The van der Waals surface area contributed by atoms with Crippen LogP contribution < -0.4 is 4.74 Å². The Kier molecular flexibility index (Phi) is 3.62. The minimum Gasteiger partial charge on any atom is -0.497 e. The molecule has 0 aliphatic carbocycles. The molecule has 0 N–H and O–H groups in total. The van der Waals surface area contributed by atoms with Gasteiger partial charge in [-0.3, -0.25) is 9.59 Å². The highest BCUT2D eigenvalue weighted by Crippen LogP contribution is 2.20. The Morgan fingerprint density at radius 1 is 1.29 bits per heavy atom. The molecule has 0 unspecified atom stereocenters. The van der Waals surface area contributed by atoms with Gasteiger partial charge in [0.15, 0.2) is 5.78 Å². The van der Waals surface area contributed by atoms with Crippen LogP contribution in [0.5, 0.6) is 5.75 Å². The Morgan fingerprint density at radius 3 is 2.36 bits per heavy atom. The predicted octanol–water partition coefficient (Wildman–Crippen LogP) is 2.47. The summed E-state index contributed by atoms with van der Waals surface area (Å²) < 4.78 is 4.81. The number of hydrogen-bond donors (Lipinski definition) is 0. The van der Waals surface area contributed by atoms with E-state index in [0.717, 1.165) is 0 Å². The predicted molar refractivity (Wildman–Crippen MR) is 61.3 cm³/mol. The van der Waals surface area contributed by atoms with Crippen molar-refractivity contribution in [2.45, 2.75) is 6.92 Å². The Bertz CT molecular complexity index is 385. The summed E-state index contributed by atoms with van der Waals surface area (Å²) in [5, 5.41) is 0. The van der Waals surface area contributed by atoms with Crippen LogP contribution in [-0.2, 0) is 0 Å². The number of carbonyl (C=O) groups excluding carboxylic acids is 2. The second kappa shape index (κ2) is 4.54. The lowest BCUT2D eigenvalue weighted by atomic mass is 10.1. The van der Waals surface area contributed by atoms with Gasteiger partial charge in [-0.05, 0) is 25.1 Å². The molecule has 1 rings (SSSR count). The molecule has 0 aliphatic rings. The monoisotopic (exact) mass is 304 g/mol. The van der Waals surface area contributed by atoms with Gasteiger partial charge < -0.3 is 4.74 Å². The summed E-state index contributed by atoms with van der Waals surface area (Å²) in [4.78, 5) is 22.4. The third-order valence-corrected chi connectivity index (χ3v) is 2.40. The molecule has 0 radical (unpaired) electrons. The van der Waals surface area contributed by atoms with Crippen molar-refractivity contribution in [3.63, 3.8) is 0 Å². The molecule has 0 bridgehead atoms. The van der Waals surface area contributed by atoms with Crippen LogP contribution in [0.25, 0.3) is 0 Å². The fourth-order valence-corrected chi connectivity index (χ4v) is 1.57. The third-order valence-electron chi connectivity index (χ3n) is 1.82. The van der Waals surface area contributed by atoms with E-state index in [1.807, 2.05) is 0 Å². The smallest absolute Gasteiger partial charge is 0.223 e. The Labute approximate surface area is 95.6 Å². The number of carbonyl (C=O) groups is 2. The van der Waals surface area contributed by atoms with Gasteiger partial charge in [0, 0.05) is 33.7 Å². The largest absolute Gasteiger partial charge is 0.497 e. The number of halogens is 1. The van der Waals surface area contributed by atoms with Crippen LogP contribution in [0.1, 0.15) is 27.6 Å². The van der Waals surface area contributed by atoms with Crippen LogP contribution in [-0.4, -0.2) is 16.7 Å². The molecule has 0 fully saturated rings. The topological polar surface area (TPSA) is 43.4 Å². The molecule has 0 saturated heterocycles. The highest BCUT2D eigenvalue weighted by atomic mass is 127. The van der Waals surface area contributed by atoms with Crippen LogP contribution in [0, 0.1) is 0 Å². The molecule has 0 aliphatic heterocycles. The number of rotatable bonds is 3. The SMILES string of the molecule is COc1ccc(C(C)=O)c(C(=O)I)c1. The van der Waals surface area contributed by atoms with Gasteiger partial charge >= 0.3 is 0 Å². The molecule has 0 spiro atoms.